The van der Waals surface area contributed by atoms with Gasteiger partial charge in [0.25, 0.3) is 0 Å². The average molecular weight is 469 g/mol. The van der Waals surface area contributed by atoms with Gasteiger partial charge < -0.3 is 9.47 Å². The Bertz CT molecular complexity index is 1100. The number of carbonyl (C=O) groups is 1. The third kappa shape index (κ3) is 7.75. The maximum Gasteiger partial charge on any atom is 0.339 e. The first-order chi connectivity index (χ1) is 15.8. The zero-order chi connectivity index (χ0) is 24.3. The molecule has 1 unspecified atom stereocenters. The molecule has 0 amide bonds. The minimum atomic E-state index is -3.35. The minimum Gasteiger partial charge on any atom is -0.490 e. The SMILES string of the molecule is C\C=C/C=C\C=C\C1=C(C2=CC=C(S(C)(=O)=O)C=CC2)C(COC(/C=C\C)=C/CC)OC1=O. The molecule has 6 heteroatoms. The first kappa shape index (κ1) is 26.1. The molecule has 2 rings (SSSR count). The van der Waals surface area contributed by atoms with Gasteiger partial charge in [-0.15, -0.1) is 0 Å². The predicted octanol–water partition coefficient (Wildman–Crippen LogP) is 5.60. The van der Waals surface area contributed by atoms with Crippen molar-refractivity contribution in [3.05, 3.63) is 106 Å². The second-order valence-electron chi connectivity index (χ2n) is 7.46. The van der Waals surface area contributed by atoms with Crippen LogP contribution in [0.25, 0.3) is 0 Å². The Balaban J connectivity index is 2.47. The van der Waals surface area contributed by atoms with Gasteiger partial charge in [0.05, 0.1) is 10.5 Å². The number of hydrogen-bond acceptors (Lipinski definition) is 5. The summed E-state index contributed by atoms with van der Waals surface area (Å²) >= 11 is 0. The lowest BCUT2D eigenvalue weighted by molar-refractivity contribution is -0.140. The third-order valence-corrected chi connectivity index (χ3v) is 5.98. The Hall–Kier alpha value is -3.12. The third-order valence-electron chi connectivity index (χ3n) is 4.85. The molecule has 5 nitrogen and oxygen atoms in total. The van der Waals surface area contributed by atoms with Gasteiger partial charge in [0.1, 0.15) is 12.4 Å². The van der Waals surface area contributed by atoms with Gasteiger partial charge in [-0.05, 0) is 62.6 Å². The Kier molecular flexibility index (Phi) is 10.1. The van der Waals surface area contributed by atoms with Crippen LogP contribution in [0.1, 0.15) is 33.6 Å². The maximum absolute atomic E-state index is 12.8. The zero-order valence-corrected chi connectivity index (χ0v) is 20.5. The fourth-order valence-corrected chi connectivity index (χ4v) is 4.01. The molecule has 0 bridgehead atoms. The van der Waals surface area contributed by atoms with E-state index >= 15 is 0 Å². The lowest BCUT2D eigenvalue weighted by atomic mass is 9.94. The van der Waals surface area contributed by atoms with E-state index in [1.54, 1.807) is 36.5 Å². The van der Waals surface area contributed by atoms with E-state index in [2.05, 4.69) is 0 Å². The Morgan fingerprint density at radius 2 is 1.91 bits per heavy atom. The van der Waals surface area contributed by atoms with E-state index in [-0.39, 0.29) is 11.5 Å². The summed E-state index contributed by atoms with van der Waals surface area (Å²) in [5.41, 5.74) is 1.97. The van der Waals surface area contributed by atoms with Crippen LogP contribution in [0.5, 0.6) is 0 Å². The Labute approximate surface area is 197 Å². The molecule has 33 heavy (non-hydrogen) atoms. The number of ether oxygens (including phenoxy) is 2. The fraction of sp³-hybridized carbons (Fsp3) is 0.296. The predicted molar refractivity (Wildman–Crippen MR) is 134 cm³/mol. The number of allylic oxidation sites excluding steroid dienone is 12. The van der Waals surface area contributed by atoms with Crippen LogP contribution in [-0.2, 0) is 24.1 Å². The molecule has 176 valence electrons. The van der Waals surface area contributed by atoms with Crippen molar-refractivity contribution in [3.63, 3.8) is 0 Å². The van der Waals surface area contributed by atoms with Crippen molar-refractivity contribution in [1.29, 1.82) is 0 Å². The zero-order valence-electron chi connectivity index (χ0n) is 19.7. The van der Waals surface area contributed by atoms with Crippen LogP contribution in [-0.4, -0.2) is 33.4 Å². The summed E-state index contributed by atoms with van der Waals surface area (Å²) in [7, 11) is -3.35. The molecule has 0 aromatic heterocycles. The maximum atomic E-state index is 12.8. The van der Waals surface area contributed by atoms with Crippen LogP contribution in [0.15, 0.2) is 106 Å². The molecular formula is C27H32O5S. The lowest BCUT2D eigenvalue weighted by Gasteiger charge is -2.17. The quantitative estimate of drug-likeness (QED) is 0.237. The molecule has 0 aromatic rings. The molecule has 0 saturated carbocycles. The van der Waals surface area contributed by atoms with E-state index in [4.69, 9.17) is 9.47 Å². The molecule has 0 saturated heterocycles. The van der Waals surface area contributed by atoms with Gasteiger partial charge in [-0.3, -0.25) is 0 Å². The van der Waals surface area contributed by atoms with E-state index in [1.807, 2.05) is 63.3 Å². The summed E-state index contributed by atoms with van der Waals surface area (Å²) in [5, 5.41) is 0. The Morgan fingerprint density at radius 3 is 2.58 bits per heavy atom. The van der Waals surface area contributed by atoms with Crippen molar-refractivity contribution in [2.45, 2.75) is 39.7 Å². The highest BCUT2D eigenvalue weighted by molar-refractivity contribution is 7.94. The first-order valence-electron chi connectivity index (χ1n) is 11.0. The molecule has 0 N–H and O–H groups in total. The van der Waals surface area contributed by atoms with Gasteiger partial charge >= 0.3 is 5.97 Å². The van der Waals surface area contributed by atoms with Gasteiger partial charge in [0.2, 0.25) is 0 Å². The summed E-state index contributed by atoms with van der Waals surface area (Å²) in [4.78, 5) is 13.0. The topological polar surface area (TPSA) is 69.7 Å². The number of cyclic esters (lactones) is 1. The van der Waals surface area contributed by atoms with Crippen LogP contribution in [0.4, 0.5) is 0 Å². The fourth-order valence-electron chi connectivity index (χ4n) is 3.35. The van der Waals surface area contributed by atoms with Gasteiger partial charge in [-0.25, -0.2) is 13.2 Å². The standard InChI is InChI=1S/C27H32O5S/c1-5-8-9-10-11-17-24-26(21-15-12-16-23(19-18-21)33(4,29)30)25(32-27(24)28)20-31-22(13-6-2)14-7-3/h5-6,8-14,16-19,25H,7,15,20H2,1-4H3/b8-5-,10-9-,13-6-,17-11+,22-14+. The Morgan fingerprint density at radius 1 is 1.15 bits per heavy atom. The summed E-state index contributed by atoms with van der Waals surface area (Å²) in [6.07, 6.45) is 25.3. The van der Waals surface area contributed by atoms with Crippen LogP contribution in [0.3, 0.4) is 0 Å². The number of hydrogen-bond donors (Lipinski definition) is 0. The summed E-state index contributed by atoms with van der Waals surface area (Å²) in [6, 6.07) is 0. The number of rotatable bonds is 10. The van der Waals surface area contributed by atoms with E-state index < -0.39 is 21.9 Å². The number of sulfone groups is 1. The van der Waals surface area contributed by atoms with Crippen molar-refractivity contribution < 1.29 is 22.7 Å². The minimum absolute atomic E-state index is 0.159. The van der Waals surface area contributed by atoms with Crippen molar-refractivity contribution in [2.75, 3.05) is 12.9 Å². The van der Waals surface area contributed by atoms with Crippen LogP contribution >= 0.6 is 0 Å². The summed E-state index contributed by atoms with van der Waals surface area (Å²) in [5.74, 6) is 0.283. The van der Waals surface area contributed by atoms with Crippen molar-refractivity contribution >= 4 is 15.8 Å². The molecule has 0 fully saturated rings. The largest absolute Gasteiger partial charge is 0.490 e. The molecule has 1 heterocycles. The van der Waals surface area contributed by atoms with E-state index in [0.717, 1.165) is 12.0 Å². The molecule has 0 spiro atoms. The van der Waals surface area contributed by atoms with Gasteiger partial charge in [-0.1, -0.05) is 55.5 Å². The highest BCUT2D eigenvalue weighted by Gasteiger charge is 2.35. The van der Waals surface area contributed by atoms with Crippen molar-refractivity contribution in [1.82, 2.24) is 0 Å². The smallest absolute Gasteiger partial charge is 0.339 e. The average Bonchev–Trinajstić information content (AvgIpc) is 2.92. The molecule has 2 aliphatic rings. The van der Waals surface area contributed by atoms with E-state index in [9.17, 15) is 13.2 Å². The summed E-state index contributed by atoms with van der Waals surface area (Å²) in [6.45, 7) is 6.01. The molecule has 1 aliphatic carbocycles. The highest BCUT2D eigenvalue weighted by Crippen LogP contribution is 2.34. The van der Waals surface area contributed by atoms with E-state index in [1.165, 1.54) is 6.26 Å². The second kappa shape index (κ2) is 12.8. The monoisotopic (exact) mass is 468 g/mol. The number of carbonyl (C=O) groups excluding carboxylic acids is 1. The summed E-state index contributed by atoms with van der Waals surface area (Å²) < 4.78 is 35.6. The van der Waals surface area contributed by atoms with Crippen LogP contribution in [0.2, 0.25) is 0 Å². The second-order valence-corrected chi connectivity index (χ2v) is 9.47. The normalized spacial score (nSPS) is 20.3. The first-order valence-corrected chi connectivity index (χ1v) is 12.9. The van der Waals surface area contributed by atoms with Gasteiger partial charge in [0, 0.05) is 11.8 Å². The molecule has 0 radical (unpaired) electrons. The molecular weight excluding hydrogens is 436 g/mol. The molecule has 1 aliphatic heterocycles. The highest BCUT2D eigenvalue weighted by atomic mass is 32.2. The van der Waals surface area contributed by atoms with Crippen molar-refractivity contribution in [3.8, 4) is 0 Å². The van der Waals surface area contributed by atoms with Gasteiger partial charge in [-0.2, -0.15) is 0 Å². The molecule has 0 aromatic carbocycles. The van der Waals surface area contributed by atoms with E-state index in [0.29, 0.717) is 23.3 Å². The van der Waals surface area contributed by atoms with Gasteiger partial charge in [0.15, 0.2) is 15.9 Å². The molecule has 1 atom stereocenters. The number of esters is 1. The van der Waals surface area contributed by atoms with Crippen LogP contribution < -0.4 is 0 Å². The van der Waals surface area contributed by atoms with Crippen molar-refractivity contribution in [2.24, 2.45) is 0 Å². The van der Waals surface area contributed by atoms with Crippen LogP contribution in [0, 0.1) is 0 Å². The lowest BCUT2D eigenvalue weighted by Crippen LogP contribution is -2.20.